The first-order chi connectivity index (χ1) is 14.5. The molecule has 0 aliphatic heterocycles. The van der Waals surface area contributed by atoms with Crippen LogP contribution in [0.1, 0.15) is 43.6 Å². The maximum absolute atomic E-state index is 14.5. The molecule has 8 heteroatoms. The van der Waals surface area contributed by atoms with Gasteiger partial charge in [0.05, 0.1) is 25.5 Å². The van der Waals surface area contributed by atoms with E-state index < -0.39 is 6.17 Å². The molecule has 0 aromatic carbocycles. The number of aliphatic hydroxyl groups is 1. The molecule has 0 saturated heterocycles. The third kappa shape index (κ3) is 5.72. The lowest BCUT2D eigenvalue weighted by Crippen LogP contribution is -2.29. The zero-order chi connectivity index (χ0) is 21.5. The van der Waals surface area contributed by atoms with Gasteiger partial charge in [-0.05, 0) is 44.8 Å². The molecule has 0 bridgehead atoms. The van der Waals surface area contributed by atoms with Crippen LogP contribution >= 0.6 is 0 Å². The van der Waals surface area contributed by atoms with E-state index in [1.807, 2.05) is 6.08 Å². The minimum atomic E-state index is -1.38. The van der Waals surface area contributed by atoms with Gasteiger partial charge in [0, 0.05) is 36.4 Å². The minimum Gasteiger partial charge on any atom is -0.494 e. The number of aromatic nitrogens is 2. The van der Waals surface area contributed by atoms with Gasteiger partial charge in [-0.3, -0.25) is 14.4 Å². The van der Waals surface area contributed by atoms with Crippen molar-refractivity contribution in [2.45, 2.75) is 51.6 Å². The van der Waals surface area contributed by atoms with Crippen molar-refractivity contribution in [2.75, 3.05) is 19.8 Å². The molecule has 162 valence electrons. The molecule has 1 atom stereocenters. The third-order valence-electron chi connectivity index (χ3n) is 4.95. The summed E-state index contributed by atoms with van der Waals surface area (Å²) in [5, 5.41) is 8.88. The Labute approximate surface area is 174 Å². The van der Waals surface area contributed by atoms with Crippen LogP contribution < -0.4 is 5.56 Å². The summed E-state index contributed by atoms with van der Waals surface area (Å²) in [6.07, 6.45) is 6.21. The fraction of sp³-hybridized carbons (Fsp3) is 0.500. The Bertz CT molecular complexity index is 947. The second kappa shape index (κ2) is 10.4. The Hall–Kier alpha value is -2.61. The number of alkyl halides is 1. The topological polar surface area (TPSA) is 76.7 Å². The van der Waals surface area contributed by atoms with Gasteiger partial charge in [0.25, 0.3) is 5.56 Å². The summed E-state index contributed by atoms with van der Waals surface area (Å²) >= 11 is 0. The van der Waals surface area contributed by atoms with Crippen molar-refractivity contribution in [1.82, 2.24) is 9.55 Å². The van der Waals surface area contributed by atoms with E-state index in [-0.39, 0.29) is 24.5 Å². The van der Waals surface area contributed by atoms with Gasteiger partial charge < -0.3 is 9.84 Å². The summed E-state index contributed by atoms with van der Waals surface area (Å²) in [6, 6.07) is 1.43. The number of hydrogen-bond acceptors (Lipinski definition) is 5. The Morgan fingerprint density at radius 2 is 2.20 bits per heavy atom. The van der Waals surface area contributed by atoms with E-state index in [9.17, 15) is 13.6 Å². The average Bonchev–Trinajstić information content (AvgIpc) is 2.70. The zero-order valence-corrected chi connectivity index (χ0v) is 17.1. The number of aliphatic hydroxyl groups excluding tert-OH is 1. The number of rotatable bonds is 8. The standard InChI is InChI=1S/C22H27F2N3O3/c1-15-12-22(29)27(17-7-8-20(19(24)14-17)25-9-10-28)21(26-15)6-3-11-30-18-5-2-4-16(23)13-18/h5,12-14,19,28H,2-4,6-11H2,1H3. The largest absolute Gasteiger partial charge is 0.494 e. The van der Waals surface area contributed by atoms with Crippen molar-refractivity contribution in [2.24, 2.45) is 4.99 Å². The van der Waals surface area contributed by atoms with Crippen molar-refractivity contribution < 1.29 is 18.6 Å². The minimum absolute atomic E-state index is 0.125. The first kappa shape index (κ1) is 22.1. The summed E-state index contributed by atoms with van der Waals surface area (Å²) in [7, 11) is 0. The van der Waals surface area contributed by atoms with Crippen LogP contribution in [0.4, 0.5) is 8.78 Å². The van der Waals surface area contributed by atoms with Crippen molar-refractivity contribution in [3.05, 3.63) is 57.8 Å². The van der Waals surface area contributed by atoms with Gasteiger partial charge in [-0.2, -0.15) is 0 Å². The SMILES string of the molecule is Cc1cc(=O)n(C2=CC(F)C(=NCCO)CC2)c(CCCOC2=CCCC(F)=C2)n1. The van der Waals surface area contributed by atoms with Crippen LogP contribution in [0.25, 0.3) is 5.70 Å². The van der Waals surface area contributed by atoms with Gasteiger partial charge in [0.2, 0.25) is 0 Å². The van der Waals surface area contributed by atoms with Crippen LogP contribution in [0.2, 0.25) is 0 Å². The number of hydrogen-bond donors (Lipinski definition) is 1. The maximum Gasteiger partial charge on any atom is 0.258 e. The van der Waals surface area contributed by atoms with E-state index >= 15 is 0 Å². The van der Waals surface area contributed by atoms with Crippen LogP contribution in [0.15, 0.2) is 45.7 Å². The van der Waals surface area contributed by atoms with Gasteiger partial charge in [-0.25, -0.2) is 13.8 Å². The van der Waals surface area contributed by atoms with Gasteiger partial charge in [0.15, 0.2) is 6.17 Å². The Kier molecular flexibility index (Phi) is 7.68. The fourth-order valence-corrected chi connectivity index (χ4v) is 3.58. The van der Waals surface area contributed by atoms with Crippen molar-refractivity contribution in [3.63, 3.8) is 0 Å². The highest BCUT2D eigenvalue weighted by atomic mass is 19.1. The molecule has 3 rings (SSSR count). The number of aliphatic imine (C=N–C) groups is 1. The van der Waals surface area contributed by atoms with E-state index in [4.69, 9.17) is 9.84 Å². The second-order valence-corrected chi connectivity index (χ2v) is 7.33. The van der Waals surface area contributed by atoms with Crippen LogP contribution in [0.5, 0.6) is 0 Å². The van der Waals surface area contributed by atoms with E-state index in [1.54, 1.807) is 6.92 Å². The van der Waals surface area contributed by atoms with E-state index in [0.717, 1.165) is 0 Å². The Balaban J connectivity index is 1.72. The molecule has 0 spiro atoms. The first-order valence-electron chi connectivity index (χ1n) is 10.3. The molecule has 6 nitrogen and oxygen atoms in total. The molecule has 0 saturated carbocycles. The summed E-state index contributed by atoms with van der Waals surface area (Å²) in [5.41, 5.74) is 1.31. The number of aryl methyl sites for hydroxylation is 2. The van der Waals surface area contributed by atoms with Gasteiger partial charge in [0.1, 0.15) is 17.4 Å². The first-order valence-corrected chi connectivity index (χ1v) is 10.3. The summed E-state index contributed by atoms with van der Waals surface area (Å²) in [5.74, 6) is 0.893. The van der Waals surface area contributed by atoms with E-state index in [1.165, 1.54) is 22.8 Å². The lowest BCUT2D eigenvalue weighted by atomic mass is 10.00. The highest BCUT2D eigenvalue weighted by molar-refractivity contribution is 5.93. The number of nitrogens with zero attached hydrogens (tertiary/aromatic N) is 3. The number of ether oxygens (including phenoxy) is 1. The smallest absolute Gasteiger partial charge is 0.258 e. The summed E-state index contributed by atoms with van der Waals surface area (Å²) in [4.78, 5) is 21.2. The number of allylic oxidation sites excluding steroid dienone is 5. The average molecular weight is 419 g/mol. The molecule has 2 aliphatic rings. The second-order valence-electron chi connectivity index (χ2n) is 7.33. The highest BCUT2D eigenvalue weighted by Gasteiger charge is 2.22. The third-order valence-corrected chi connectivity index (χ3v) is 4.95. The molecule has 0 radical (unpaired) electrons. The van der Waals surface area contributed by atoms with Crippen molar-refractivity contribution >= 4 is 11.4 Å². The predicted octanol–water partition coefficient (Wildman–Crippen LogP) is 3.44. The molecular formula is C22H27F2N3O3. The predicted molar refractivity (Wildman–Crippen MR) is 112 cm³/mol. The fourth-order valence-electron chi connectivity index (χ4n) is 3.58. The quantitative estimate of drug-likeness (QED) is 0.655. The summed E-state index contributed by atoms with van der Waals surface area (Å²) < 4.78 is 34.9. The molecule has 2 aliphatic carbocycles. The monoisotopic (exact) mass is 419 g/mol. The lowest BCUT2D eigenvalue weighted by molar-refractivity contribution is 0.215. The van der Waals surface area contributed by atoms with Crippen molar-refractivity contribution in [1.29, 1.82) is 0 Å². The lowest BCUT2D eigenvalue weighted by Gasteiger charge is -2.22. The molecule has 1 aromatic heterocycles. The highest BCUT2D eigenvalue weighted by Crippen LogP contribution is 2.23. The molecule has 30 heavy (non-hydrogen) atoms. The molecule has 1 unspecified atom stereocenters. The van der Waals surface area contributed by atoms with Crippen LogP contribution in [-0.2, 0) is 11.2 Å². The number of halogens is 2. The normalized spacial score (nSPS) is 20.6. The molecule has 0 amide bonds. The van der Waals surface area contributed by atoms with Crippen LogP contribution in [0.3, 0.4) is 0 Å². The van der Waals surface area contributed by atoms with Crippen LogP contribution in [-0.4, -0.2) is 46.3 Å². The molecular weight excluding hydrogens is 392 g/mol. The van der Waals surface area contributed by atoms with Gasteiger partial charge in [-0.1, -0.05) is 0 Å². The zero-order valence-electron chi connectivity index (χ0n) is 17.1. The summed E-state index contributed by atoms with van der Waals surface area (Å²) in [6.45, 7) is 2.16. The molecule has 1 aromatic rings. The van der Waals surface area contributed by atoms with Crippen LogP contribution in [0, 0.1) is 6.92 Å². The van der Waals surface area contributed by atoms with Gasteiger partial charge in [-0.15, -0.1) is 0 Å². The van der Waals surface area contributed by atoms with E-state index in [2.05, 4.69) is 9.98 Å². The van der Waals surface area contributed by atoms with Gasteiger partial charge >= 0.3 is 0 Å². The maximum atomic E-state index is 14.5. The van der Waals surface area contributed by atoms with E-state index in [0.29, 0.717) is 73.8 Å². The Morgan fingerprint density at radius 3 is 2.93 bits per heavy atom. The Morgan fingerprint density at radius 1 is 1.37 bits per heavy atom. The molecule has 1 heterocycles. The molecule has 1 N–H and O–H groups in total. The molecule has 0 fully saturated rings. The van der Waals surface area contributed by atoms with Crippen molar-refractivity contribution in [3.8, 4) is 0 Å².